The highest BCUT2D eigenvalue weighted by Crippen LogP contribution is 2.31. The third-order valence-corrected chi connectivity index (χ3v) is 5.04. The smallest absolute Gasteiger partial charge is 0.225 e. The van der Waals surface area contributed by atoms with Gasteiger partial charge in [0.1, 0.15) is 0 Å². The molecule has 0 fully saturated rings. The van der Waals surface area contributed by atoms with Crippen molar-refractivity contribution in [1.29, 1.82) is 0 Å². The molecule has 1 atom stereocenters. The fourth-order valence-electron chi connectivity index (χ4n) is 3.60. The second-order valence-corrected chi connectivity index (χ2v) is 6.92. The van der Waals surface area contributed by atoms with Gasteiger partial charge >= 0.3 is 0 Å². The highest BCUT2D eigenvalue weighted by molar-refractivity contribution is 14.0. The van der Waals surface area contributed by atoms with Crippen LogP contribution in [0, 0.1) is 0 Å². The van der Waals surface area contributed by atoms with E-state index in [9.17, 15) is 4.79 Å². The van der Waals surface area contributed by atoms with Crippen LogP contribution in [0.4, 0.5) is 5.69 Å². The fraction of sp³-hybridized carbons (Fsp3) is 0.227. The summed E-state index contributed by atoms with van der Waals surface area (Å²) < 4.78 is 1.85. The molecule has 0 aliphatic carbocycles. The van der Waals surface area contributed by atoms with Gasteiger partial charge in [-0.1, -0.05) is 36.4 Å². The first-order valence-electron chi connectivity index (χ1n) is 9.66. The SMILES string of the molecule is CN=C(NCc1ccccc1-n1cccn1)NCC1CC(=O)Nc2ccccc21.I. The minimum atomic E-state index is 0. The number of hydrogen-bond donors (Lipinski definition) is 3. The quantitative estimate of drug-likeness (QED) is 0.276. The molecule has 8 heteroatoms. The molecule has 156 valence electrons. The Hall–Kier alpha value is -2.88. The van der Waals surface area contributed by atoms with Crippen molar-refractivity contribution in [3.05, 3.63) is 78.1 Å². The van der Waals surface area contributed by atoms with E-state index in [1.54, 1.807) is 13.2 Å². The van der Waals surface area contributed by atoms with Gasteiger partial charge in [-0.25, -0.2) is 4.68 Å². The number of hydrogen-bond acceptors (Lipinski definition) is 3. The summed E-state index contributed by atoms with van der Waals surface area (Å²) in [5, 5.41) is 14.0. The minimum absolute atomic E-state index is 0. The average Bonchev–Trinajstić information content (AvgIpc) is 3.28. The Morgan fingerprint density at radius 3 is 2.77 bits per heavy atom. The van der Waals surface area contributed by atoms with Gasteiger partial charge in [0.15, 0.2) is 5.96 Å². The lowest BCUT2D eigenvalue weighted by atomic mass is 9.90. The van der Waals surface area contributed by atoms with Gasteiger partial charge in [0.2, 0.25) is 5.91 Å². The number of aromatic nitrogens is 2. The van der Waals surface area contributed by atoms with Crippen LogP contribution >= 0.6 is 24.0 Å². The number of nitrogens with zero attached hydrogens (tertiary/aromatic N) is 3. The third kappa shape index (κ3) is 4.99. The number of rotatable bonds is 5. The molecule has 1 aromatic heterocycles. The van der Waals surface area contributed by atoms with Crippen LogP contribution in [0.15, 0.2) is 72.0 Å². The largest absolute Gasteiger partial charge is 0.356 e. The van der Waals surface area contributed by atoms with E-state index in [-0.39, 0.29) is 35.8 Å². The number of nitrogens with one attached hydrogen (secondary N) is 3. The summed E-state index contributed by atoms with van der Waals surface area (Å²) in [6.07, 6.45) is 4.16. The number of carbonyl (C=O) groups is 1. The van der Waals surface area contributed by atoms with E-state index in [1.165, 1.54) is 0 Å². The molecule has 4 rings (SSSR count). The van der Waals surface area contributed by atoms with Crippen LogP contribution < -0.4 is 16.0 Å². The van der Waals surface area contributed by atoms with Gasteiger partial charge in [-0.2, -0.15) is 5.10 Å². The zero-order valence-electron chi connectivity index (χ0n) is 16.7. The van der Waals surface area contributed by atoms with Gasteiger partial charge in [-0.15, -0.1) is 24.0 Å². The van der Waals surface area contributed by atoms with E-state index in [2.05, 4.69) is 38.2 Å². The Bertz CT molecular complexity index is 1020. The first-order chi connectivity index (χ1) is 14.2. The van der Waals surface area contributed by atoms with Crippen molar-refractivity contribution in [2.75, 3.05) is 18.9 Å². The molecule has 7 nitrogen and oxygen atoms in total. The summed E-state index contributed by atoms with van der Waals surface area (Å²) in [5.74, 6) is 0.852. The number of fused-ring (bicyclic) bond motifs is 1. The second kappa shape index (κ2) is 10.2. The van der Waals surface area contributed by atoms with Crippen LogP contribution in [-0.2, 0) is 11.3 Å². The van der Waals surface area contributed by atoms with Crippen molar-refractivity contribution in [2.45, 2.75) is 18.9 Å². The standard InChI is InChI=1S/C22H24N6O.HI/c1-23-22(24-14-16-7-2-5-10-20(16)28-12-6-11-26-28)25-15-17-13-21(29)27-19-9-4-3-8-18(17)19;/h2-12,17H,13-15H2,1H3,(H,27,29)(H2,23,24,25);1H. The topological polar surface area (TPSA) is 83.3 Å². The van der Waals surface area contributed by atoms with Gasteiger partial charge in [-0.3, -0.25) is 9.79 Å². The third-order valence-electron chi connectivity index (χ3n) is 5.04. The molecule has 3 aromatic rings. The van der Waals surface area contributed by atoms with E-state index in [1.807, 2.05) is 53.3 Å². The molecule has 1 amide bonds. The molecule has 0 bridgehead atoms. The molecular weight excluding hydrogens is 491 g/mol. The van der Waals surface area contributed by atoms with E-state index >= 15 is 0 Å². The molecule has 2 aromatic carbocycles. The van der Waals surface area contributed by atoms with Crippen molar-refractivity contribution in [3.8, 4) is 5.69 Å². The highest BCUT2D eigenvalue weighted by Gasteiger charge is 2.24. The molecule has 1 aliphatic rings. The Balaban J connectivity index is 0.00000256. The molecule has 0 spiro atoms. The molecule has 0 saturated heterocycles. The van der Waals surface area contributed by atoms with Gasteiger partial charge in [0, 0.05) is 50.6 Å². The number of anilines is 1. The normalized spacial score (nSPS) is 15.6. The Morgan fingerprint density at radius 1 is 1.17 bits per heavy atom. The molecule has 0 radical (unpaired) electrons. The van der Waals surface area contributed by atoms with Crippen molar-refractivity contribution < 1.29 is 4.79 Å². The zero-order valence-corrected chi connectivity index (χ0v) is 19.0. The Kier molecular flexibility index (Phi) is 7.45. The van der Waals surface area contributed by atoms with Crippen LogP contribution in [0.5, 0.6) is 0 Å². The van der Waals surface area contributed by atoms with Crippen molar-refractivity contribution in [1.82, 2.24) is 20.4 Å². The first-order valence-corrected chi connectivity index (χ1v) is 9.66. The lowest BCUT2D eigenvalue weighted by Crippen LogP contribution is -2.40. The minimum Gasteiger partial charge on any atom is -0.356 e. The number of aliphatic imine (C=N–C) groups is 1. The molecule has 2 heterocycles. The summed E-state index contributed by atoms with van der Waals surface area (Å²) in [6, 6.07) is 18.0. The zero-order chi connectivity index (χ0) is 20.1. The van der Waals surface area contributed by atoms with Crippen molar-refractivity contribution in [2.24, 2.45) is 4.99 Å². The lowest BCUT2D eigenvalue weighted by Gasteiger charge is -2.26. The molecule has 1 aliphatic heterocycles. The molecule has 3 N–H and O–H groups in total. The van der Waals surface area contributed by atoms with Crippen molar-refractivity contribution >= 4 is 41.5 Å². The van der Waals surface area contributed by atoms with E-state index < -0.39 is 0 Å². The summed E-state index contributed by atoms with van der Waals surface area (Å²) in [4.78, 5) is 16.3. The monoisotopic (exact) mass is 516 g/mol. The number of halogens is 1. The van der Waals surface area contributed by atoms with E-state index in [0.29, 0.717) is 25.5 Å². The van der Waals surface area contributed by atoms with Crippen LogP contribution in [0.2, 0.25) is 0 Å². The Morgan fingerprint density at radius 2 is 1.97 bits per heavy atom. The maximum Gasteiger partial charge on any atom is 0.225 e. The fourth-order valence-corrected chi connectivity index (χ4v) is 3.60. The number of benzene rings is 2. The predicted octanol–water partition coefficient (Wildman–Crippen LogP) is 3.28. The van der Waals surface area contributed by atoms with Crippen LogP contribution in [0.3, 0.4) is 0 Å². The van der Waals surface area contributed by atoms with Gasteiger partial charge in [0.25, 0.3) is 0 Å². The number of amides is 1. The number of para-hydroxylation sites is 2. The number of carbonyl (C=O) groups excluding carboxylic acids is 1. The van der Waals surface area contributed by atoms with Gasteiger partial charge < -0.3 is 16.0 Å². The molecule has 0 saturated carbocycles. The summed E-state index contributed by atoms with van der Waals surface area (Å²) in [7, 11) is 1.75. The molecule has 1 unspecified atom stereocenters. The lowest BCUT2D eigenvalue weighted by molar-refractivity contribution is -0.116. The summed E-state index contributed by atoms with van der Waals surface area (Å²) in [5.41, 5.74) is 4.19. The van der Waals surface area contributed by atoms with Gasteiger partial charge in [-0.05, 0) is 29.3 Å². The van der Waals surface area contributed by atoms with Crippen LogP contribution in [-0.4, -0.2) is 35.2 Å². The first kappa shape index (κ1) is 21.8. The Labute approximate surface area is 193 Å². The van der Waals surface area contributed by atoms with Crippen LogP contribution in [0.1, 0.15) is 23.5 Å². The number of guanidine groups is 1. The molecule has 30 heavy (non-hydrogen) atoms. The summed E-state index contributed by atoms with van der Waals surface area (Å²) >= 11 is 0. The predicted molar refractivity (Wildman–Crippen MR) is 130 cm³/mol. The van der Waals surface area contributed by atoms with E-state index in [0.717, 1.165) is 22.5 Å². The van der Waals surface area contributed by atoms with E-state index in [4.69, 9.17) is 0 Å². The second-order valence-electron chi connectivity index (χ2n) is 6.92. The van der Waals surface area contributed by atoms with Crippen molar-refractivity contribution in [3.63, 3.8) is 0 Å². The maximum absolute atomic E-state index is 12.0. The maximum atomic E-state index is 12.0. The summed E-state index contributed by atoms with van der Waals surface area (Å²) in [6.45, 7) is 1.24. The average molecular weight is 516 g/mol. The van der Waals surface area contributed by atoms with Crippen LogP contribution in [0.25, 0.3) is 5.69 Å². The van der Waals surface area contributed by atoms with Gasteiger partial charge in [0.05, 0.1) is 5.69 Å². The molecular formula is C22H25IN6O. The highest BCUT2D eigenvalue weighted by atomic mass is 127.